The summed E-state index contributed by atoms with van der Waals surface area (Å²) in [5.41, 5.74) is 1.70. The fourth-order valence-corrected chi connectivity index (χ4v) is 2.61. The van der Waals surface area contributed by atoms with Crippen molar-refractivity contribution in [3.63, 3.8) is 0 Å². The first-order valence-corrected chi connectivity index (χ1v) is 8.83. The van der Waals surface area contributed by atoms with Crippen molar-refractivity contribution in [1.29, 1.82) is 0 Å². The highest BCUT2D eigenvalue weighted by Crippen LogP contribution is 2.23. The summed E-state index contributed by atoms with van der Waals surface area (Å²) in [6.45, 7) is 5.79. The second-order valence-electron chi connectivity index (χ2n) is 5.68. The van der Waals surface area contributed by atoms with Gasteiger partial charge in [-0.1, -0.05) is 36.7 Å². The van der Waals surface area contributed by atoms with Crippen LogP contribution in [0.1, 0.15) is 36.2 Å². The van der Waals surface area contributed by atoms with Crippen LogP contribution in [0.3, 0.4) is 0 Å². The minimum absolute atomic E-state index is 0.217. The standard InChI is InChI=1S/C20H22ClNO4/c1-4-17(26-18-9-7-6-8-13(18)3)19(23)22-14-10-11-15(16(21)12-14)20(24)25-5-2/h6-12,17H,4-5H2,1-3H3,(H,22,23). The number of carbonyl (C=O) groups excluding carboxylic acids is 2. The summed E-state index contributed by atoms with van der Waals surface area (Å²) in [6, 6.07) is 12.2. The maximum absolute atomic E-state index is 12.5. The molecule has 0 saturated heterocycles. The third-order valence-electron chi connectivity index (χ3n) is 3.76. The summed E-state index contributed by atoms with van der Waals surface area (Å²) in [7, 11) is 0. The van der Waals surface area contributed by atoms with Gasteiger partial charge in [0.1, 0.15) is 5.75 Å². The van der Waals surface area contributed by atoms with Crippen molar-refractivity contribution in [3.8, 4) is 5.75 Å². The van der Waals surface area contributed by atoms with E-state index in [1.807, 2.05) is 38.1 Å². The Kier molecular flexibility index (Phi) is 7.04. The molecule has 0 saturated carbocycles. The van der Waals surface area contributed by atoms with Gasteiger partial charge in [-0.05, 0) is 50.1 Å². The van der Waals surface area contributed by atoms with E-state index in [9.17, 15) is 9.59 Å². The van der Waals surface area contributed by atoms with Gasteiger partial charge in [0.2, 0.25) is 0 Å². The average molecular weight is 376 g/mol. The zero-order chi connectivity index (χ0) is 19.1. The molecule has 1 atom stereocenters. The molecule has 0 radical (unpaired) electrons. The highest BCUT2D eigenvalue weighted by molar-refractivity contribution is 6.34. The molecule has 0 spiro atoms. The number of nitrogens with one attached hydrogen (secondary N) is 1. The summed E-state index contributed by atoms with van der Waals surface area (Å²) >= 11 is 6.12. The monoisotopic (exact) mass is 375 g/mol. The number of anilines is 1. The summed E-state index contributed by atoms with van der Waals surface area (Å²) in [5, 5.41) is 2.99. The number of rotatable bonds is 7. The molecule has 0 aliphatic carbocycles. The number of para-hydroxylation sites is 1. The molecule has 5 nitrogen and oxygen atoms in total. The van der Waals surface area contributed by atoms with Gasteiger partial charge in [-0.25, -0.2) is 4.79 Å². The van der Waals surface area contributed by atoms with Gasteiger partial charge >= 0.3 is 5.97 Å². The Labute approximate surface area is 158 Å². The normalized spacial score (nSPS) is 11.5. The fourth-order valence-electron chi connectivity index (χ4n) is 2.35. The zero-order valence-electron chi connectivity index (χ0n) is 15.0. The molecule has 138 valence electrons. The quantitative estimate of drug-likeness (QED) is 0.717. The molecule has 0 bridgehead atoms. The summed E-state index contributed by atoms with van der Waals surface area (Å²) in [4.78, 5) is 24.3. The van der Waals surface area contributed by atoms with Crippen LogP contribution in [-0.4, -0.2) is 24.6 Å². The van der Waals surface area contributed by atoms with Crippen LogP contribution >= 0.6 is 11.6 Å². The second-order valence-corrected chi connectivity index (χ2v) is 6.09. The van der Waals surface area contributed by atoms with Crippen LogP contribution < -0.4 is 10.1 Å². The van der Waals surface area contributed by atoms with Crippen molar-refractivity contribution in [3.05, 3.63) is 58.6 Å². The van der Waals surface area contributed by atoms with E-state index in [1.165, 1.54) is 12.1 Å². The van der Waals surface area contributed by atoms with Crippen LogP contribution in [0.25, 0.3) is 0 Å². The van der Waals surface area contributed by atoms with E-state index >= 15 is 0 Å². The molecule has 1 N–H and O–H groups in total. The van der Waals surface area contributed by atoms with Crippen LogP contribution in [0.5, 0.6) is 5.75 Å². The Bertz CT molecular complexity index is 791. The van der Waals surface area contributed by atoms with Crippen LogP contribution in [0.15, 0.2) is 42.5 Å². The maximum Gasteiger partial charge on any atom is 0.339 e. The number of carbonyl (C=O) groups is 2. The Morgan fingerprint density at radius 2 is 1.88 bits per heavy atom. The molecule has 0 fully saturated rings. The number of amides is 1. The number of benzene rings is 2. The van der Waals surface area contributed by atoms with Crippen molar-refractivity contribution >= 4 is 29.2 Å². The molecule has 2 aromatic carbocycles. The van der Waals surface area contributed by atoms with Crippen LogP contribution in [-0.2, 0) is 9.53 Å². The number of esters is 1. The van der Waals surface area contributed by atoms with Crippen LogP contribution in [0.4, 0.5) is 5.69 Å². The molecule has 0 aliphatic heterocycles. The van der Waals surface area contributed by atoms with Gasteiger partial charge in [-0.2, -0.15) is 0 Å². The summed E-state index contributed by atoms with van der Waals surface area (Å²) in [5.74, 6) is -0.106. The Morgan fingerprint density at radius 3 is 2.50 bits per heavy atom. The fraction of sp³-hybridized carbons (Fsp3) is 0.300. The average Bonchev–Trinajstić information content (AvgIpc) is 2.61. The number of hydrogen-bond donors (Lipinski definition) is 1. The van der Waals surface area contributed by atoms with Crippen LogP contribution in [0.2, 0.25) is 5.02 Å². The molecule has 0 heterocycles. The maximum atomic E-state index is 12.5. The van der Waals surface area contributed by atoms with Crippen molar-refractivity contribution in [2.75, 3.05) is 11.9 Å². The van der Waals surface area contributed by atoms with E-state index in [4.69, 9.17) is 21.1 Å². The van der Waals surface area contributed by atoms with E-state index < -0.39 is 12.1 Å². The topological polar surface area (TPSA) is 64.6 Å². The van der Waals surface area contributed by atoms with E-state index in [2.05, 4.69) is 5.32 Å². The molecule has 2 aromatic rings. The molecule has 1 unspecified atom stereocenters. The highest BCUT2D eigenvalue weighted by atomic mass is 35.5. The Hall–Kier alpha value is -2.53. The highest BCUT2D eigenvalue weighted by Gasteiger charge is 2.20. The third-order valence-corrected chi connectivity index (χ3v) is 4.07. The van der Waals surface area contributed by atoms with Crippen LogP contribution in [0, 0.1) is 6.92 Å². The predicted octanol–water partition coefficient (Wildman–Crippen LogP) is 4.62. The predicted molar refractivity (Wildman–Crippen MR) is 102 cm³/mol. The Balaban J connectivity index is 2.09. The van der Waals surface area contributed by atoms with E-state index in [-0.39, 0.29) is 23.1 Å². The van der Waals surface area contributed by atoms with Gasteiger partial charge in [0.15, 0.2) is 6.10 Å². The molecular formula is C20H22ClNO4. The van der Waals surface area contributed by atoms with Gasteiger partial charge < -0.3 is 14.8 Å². The van der Waals surface area contributed by atoms with E-state index in [1.54, 1.807) is 13.0 Å². The lowest BCUT2D eigenvalue weighted by Crippen LogP contribution is -2.32. The van der Waals surface area contributed by atoms with Crippen molar-refractivity contribution in [2.24, 2.45) is 0 Å². The van der Waals surface area contributed by atoms with Crippen molar-refractivity contribution in [2.45, 2.75) is 33.3 Å². The number of aryl methyl sites for hydroxylation is 1. The molecule has 26 heavy (non-hydrogen) atoms. The van der Waals surface area contributed by atoms with Gasteiger partial charge in [-0.3, -0.25) is 4.79 Å². The Morgan fingerprint density at radius 1 is 1.15 bits per heavy atom. The van der Waals surface area contributed by atoms with Gasteiger partial charge in [0.05, 0.1) is 17.2 Å². The van der Waals surface area contributed by atoms with Gasteiger partial charge in [0.25, 0.3) is 5.91 Å². The first kappa shape index (κ1) is 19.8. The largest absolute Gasteiger partial charge is 0.480 e. The molecule has 6 heteroatoms. The van der Waals surface area contributed by atoms with Crippen molar-refractivity contribution in [1.82, 2.24) is 0 Å². The minimum Gasteiger partial charge on any atom is -0.480 e. The molecule has 0 aromatic heterocycles. The molecule has 0 aliphatic rings. The summed E-state index contributed by atoms with van der Waals surface area (Å²) < 4.78 is 10.8. The third kappa shape index (κ3) is 4.99. The van der Waals surface area contributed by atoms with E-state index in [0.29, 0.717) is 17.9 Å². The van der Waals surface area contributed by atoms with Gasteiger partial charge in [-0.15, -0.1) is 0 Å². The second kappa shape index (κ2) is 9.25. The lowest BCUT2D eigenvalue weighted by atomic mass is 10.2. The zero-order valence-corrected chi connectivity index (χ0v) is 15.8. The molecule has 2 rings (SSSR count). The lowest BCUT2D eigenvalue weighted by molar-refractivity contribution is -0.122. The smallest absolute Gasteiger partial charge is 0.339 e. The number of ether oxygens (including phenoxy) is 2. The molecular weight excluding hydrogens is 354 g/mol. The molecule has 1 amide bonds. The van der Waals surface area contributed by atoms with E-state index in [0.717, 1.165) is 5.56 Å². The first-order valence-electron chi connectivity index (χ1n) is 8.46. The van der Waals surface area contributed by atoms with Crippen molar-refractivity contribution < 1.29 is 19.1 Å². The SMILES string of the molecule is CCOC(=O)c1ccc(NC(=O)C(CC)Oc2ccccc2C)cc1Cl. The minimum atomic E-state index is -0.639. The van der Waals surface area contributed by atoms with Gasteiger partial charge in [0, 0.05) is 5.69 Å². The lowest BCUT2D eigenvalue weighted by Gasteiger charge is -2.18. The summed E-state index contributed by atoms with van der Waals surface area (Å²) in [6.07, 6.45) is -0.131. The number of halogens is 1. The first-order chi connectivity index (χ1) is 12.5. The number of hydrogen-bond acceptors (Lipinski definition) is 4.